The predicted octanol–water partition coefficient (Wildman–Crippen LogP) is 3.32. The lowest BCUT2D eigenvalue weighted by molar-refractivity contribution is 0.141. The van der Waals surface area contributed by atoms with Crippen LogP contribution in [0.15, 0.2) is 29.2 Å². The van der Waals surface area contributed by atoms with Crippen molar-refractivity contribution in [1.29, 1.82) is 0 Å². The molecular weight excluding hydrogens is 284 g/mol. The van der Waals surface area contributed by atoms with Gasteiger partial charge in [0.15, 0.2) is 0 Å². The van der Waals surface area contributed by atoms with Gasteiger partial charge in [0.2, 0.25) is 10.0 Å². The van der Waals surface area contributed by atoms with Crippen molar-refractivity contribution in [2.24, 2.45) is 5.41 Å². The lowest BCUT2D eigenvalue weighted by Crippen LogP contribution is -2.42. The van der Waals surface area contributed by atoms with Crippen molar-refractivity contribution >= 4 is 15.7 Å². The first-order valence-electron chi connectivity index (χ1n) is 7.75. The molecular formula is C16H26N2O2S. The molecule has 0 aromatic heterocycles. The number of anilines is 1. The number of piperidine rings is 1. The van der Waals surface area contributed by atoms with Crippen LogP contribution >= 0.6 is 0 Å². The molecule has 1 aliphatic rings. The summed E-state index contributed by atoms with van der Waals surface area (Å²) in [7, 11) is -1.53. The Bertz CT molecular complexity index is 552. The van der Waals surface area contributed by atoms with E-state index in [4.69, 9.17) is 0 Å². The highest BCUT2D eigenvalue weighted by molar-refractivity contribution is 7.89. The third kappa shape index (κ3) is 3.24. The SMILES string of the molecule is CCC1(CC)CCN(S(=O)(=O)c2ccc(NC)cc2)CC1. The summed E-state index contributed by atoms with van der Waals surface area (Å²) in [6, 6.07) is 6.98. The minimum absolute atomic E-state index is 0.335. The highest BCUT2D eigenvalue weighted by atomic mass is 32.2. The zero-order valence-electron chi connectivity index (χ0n) is 13.2. The van der Waals surface area contributed by atoms with E-state index in [9.17, 15) is 8.42 Å². The molecule has 0 amide bonds. The Balaban J connectivity index is 2.14. The van der Waals surface area contributed by atoms with Crippen LogP contribution < -0.4 is 5.32 Å². The smallest absolute Gasteiger partial charge is 0.243 e. The zero-order valence-corrected chi connectivity index (χ0v) is 14.0. The second-order valence-electron chi connectivity index (χ2n) is 5.89. The molecule has 118 valence electrons. The van der Waals surface area contributed by atoms with E-state index in [-0.39, 0.29) is 0 Å². The summed E-state index contributed by atoms with van der Waals surface area (Å²) in [6.07, 6.45) is 4.20. The summed E-state index contributed by atoms with van der Waals surface area (Å²) in [6.45, 7) is 5.70. The molecule has 1 heterocycles. The zero-order chi connectivity index (χ0) is 15.5. The van der Waals surface area contributed by atoms with Gasteiger partial charge < -0.3 is 5.32 Å². The Morgan fingerprint density at radius 2 is 1.62 bits per heavy atom. The van der Waals surface area contributed by atoms with E-state index in [2.05, 4.69) is 19.2 Å². The molecule has 21 heavy (non-hydrogen) atoms. The first-order chi connectivity index (χ1) is 9.97. The first-order valence-corrected chi connectivity index (χ1v) is 9.19. The molecule has 1 aromatic rings. The number of nitrogens with one attached hydrogen (secondary N) is 1. The van der Waals surface area contributed by atoms with E-state index in [0.717, 1.165) is 31.4 Å². The molecule has 0 radical (unpaired) electrons. The third-order valence-electron chi connectivity index (χ3n) is 5.06. The van der Waals surface area contributed by atoms with Crippen LogP contribution in [0.2, 0.25) is 0 Å². The summed E-state index contributed by atoms with van der Waals surface area (Å²) in [5.41, 5.74) is 1.26. The summed E-state index contributed by atoms with van der Waals surface area (Å²) >= 11 is 0. The molecule has 1 fully saturated rings. The fraction of sp³-hybridized carbons (Fsp3) is 0.625. The molecule has 0 unspecified atom stereocenters. The summed E-state index contributed by atoms with van der Waals surface area (Å²) in [5.74, 6) is 0. The Hall–Kier alpha value is -1.07. The highest BCUT2D eigenvalue weighted by Gasteiger charge is 2.36. The molecule has 1 aliphatic heterocycles. The van der Waals surface area contributed by atoms with Gasteiger partial charge in [0.25, 0.3) is 0 Å². The highest BCUT2D eigenvalue weighted by Crippen LogP contribution is 2.39. The largest absolute Gasteiger partial charge is 0.388 e. The molecule has 0 aliphatic carbocycles. The van der Waals surface area contributed by atoms with Gasteiger partial charge in [-0.3, -0.25) is 0 Å². The van der Waals surface area contributed by atoms with E-state index in [1.54, 1.807) is 28.6 Å². The van der Waals surface area contributed by atoms with Gasteiger partial charge in [-0.05, 0) is 42.5 Å². The maximum atomic E-state index is 12.7. The van der Waals surface area contributed by atoms with Crippen molar-refractivity contribution in [3.8, 4) is 0 Å². The summed E-state index contributed by atoms with van der Waals surface area (Å²) < 4.78 is 27.0. The first kappa shape index (κ1) is 16.3. The molecule has 1 saturated heterocycles. The number of rotatable bonds is 5. The van der Waals surface area contributed by atoms with Gasteiger partial charge in [-0.15, -0.1) is 0 Å². The number of nitrogens with zero attached hydrogens (tertiary/aromatic N) is 1. The molecule has 0 saturated carbocycles. The molecule has 4 nitrogen and oxygen atoms in total. The minimum Gasteiger partial charge on any atom is -0.388 e. The van der Waals surface area contributed by atoms with Crippen LogP contribution in [-0.2, 0) is 10.0 Å². The molecule has 2 rings (SSSR count). The van der Waals surface area contributed by atoms with Gasteiger partial charge in [0.1, 0.15) is 0 Å². The van der Waals surface area contributed by atoms with E-state index >= 15 is 0 Å². The average molecular weight is 310 g/mol. The Kier molecular flexibility index (Phi) is 4.94. The molecule has 0 atom stereocenters. The molecule has 1 aromatic carbocycles. The van der Waals surface area contributed by atoms with Crippen molar-refractivity contribution < 1.29 is 8.42 Å². The number of hydrogen-bond acceptors (Lipinski definition) is 3. The van der Waals surface area contributed by atoms with Crippen molar-refractivity contribution in [3.63, 3.8) is 0 Å². The van der Waals surface area contributed by atoms with E-state index in [1.165, 1.54) is 0 Å². The van der Waals surface area contributed by atoms with Crippen LogP contribution in [0.3, 0.4) is 0 Å². The van der Waals surface area contributed by atoms with Crippen LogP contribution in [0.1, 0.15) is 39.5 Å². The normalized spacial score (nSPS) is 19.4. The number of benzene rings is 1. The lowest BCUT2D eigenvalue weighted by Gasteiger charge is -2.40. The maximum Gasteiger partial charge on any atom is 0.243 e. The Labute approximate surface area is 128 Å². The third-order valence-corrected chi connectivity index (χ3v) is 6.98. The van der Waals surface area contributed by atoms with Crippen molar-refractivity contribution in [2.75, 3.05) is 25.5 Å². The van der Waals surface area contributed by atoms with Crippen LogP contribution in [0.25, 0.3) is 0 Å². The molecule has 5 heteroatoms. The quantitative estimate of drug-likeness (QED) is 0.907. The Morgan fingerprint density at radius 1 is 1.10 bits per heavy atom. The van der Waals surface area contributed by atoms with Gasteiger partial charge >= 0.3 is 0 Å². The van der Waals surface area contributed by atoms with Gasteiger partial charge in [0.05, 0.1) is 4.90 Å². The summed E-state index contributed by atoms with van der Waals surface area (Å²) in [4.78, 5) is 0.391. The second kappa shape index (κ2) is 6.36. The van der Waals surface area contributed by atoms with Crippen molar-refractivity contribution in [1.82, 2.24) is 4.31 Å². The second-order valence-corrected chi connectivity index (χ2v) is 7.82. The van der Waals surface area contributed by atoms with Crippen LogP contribution in [0, 0.1) is 5.41 Å². The van der Waals surface area contributed by atoms with Gasteiger partial charge in [-0.1, -0.05) is 26.7 Å². The lowest BCUT2D eigenvalue weighted by atomic mass is 9.75. The maximum absolute atomic E-state index is 12.7. The van der Waals surface area contributed by atoms with Crippen LogP contribution in [-0.4, -0.2) is 32.9 Å². The fourth-order valence-electron chi connectivity index (χ4n) is 3.10. The van der Waals surface area contributed by atoms with Crippen LogP contribution in [0.4, 0.5) is 5.69 Å². The molecule has 1 N–H and O–H groups in total. The van der Waals surface area contributed by atoms with E-state index < -0.39 is 10.0 Å². The van der Waals surface area contributed by atoms with Crippen molar-refractivity contribution in [2.45, 2.75) is 44.4 Å². The number of hydrogen-bond donors (Lipinski definition) is 1. The number of sulfonamides is 1. The topological polar surface area (TPSA) is 49.4 Å². The fourth-order valence-corrected chi connectivity index (χ4v) is 4.54. The van der Waals surface area contributed by atoms with Crippen molar-refractivity contribution in [3.05, 3.63) is 24.3 Å². The minimum atomic E-state index is -3.35. The van der Waals surface area contributed by atoms with Gasteiger partial charge in [0, 0.05) is 25.8 Å². The standard InChI is InChI=1S/C16H26N2O2S/c1-4-16(5-2)10-12-18(13-11-16)21(19,20)15-8-6-14(17-3)7-9-15/h6-9,17H,4-5,10-13H2,1-3H3. The predicted molar refractivity (Wildman–Crippen MR) is 87.0 cm³/mol. The average Bonchev–Trinajstić information content (AvgIpc) is 2.55. The molecule has 0 bridgehead atoms. The van der Waals surface area contributed by atoms with Gasteiger partial charge in [-0.2, -0.15) is 4.31 Å². The monoisotopic (exact) mass is 310 g/mol. The van der Waals surface area contributed by atoms with E-state index in [0.29, 0.717) is 23.4 Å². The van der Waals surface area contributed by atoms with E-state index in [1.807, 2.05) is 7.05 Å². The van der Waals surface area contributed by atoms with Crippen LogP contribution in [0.5, 0.6) is 0 Å². The Morgan fingerprint density at radius 3 is 2.05 bits per heavy atom. The van der Waals surface area contributed by atoms with Gasteiger partial charge in [-0.25, -0.2) is 8.42 Å². The molecule has 0 spiro atoms. The summed E-state index contributed by atoms with van der Waals surface area (Å²) in [5, 5.41) is 3.00.